The first-order valence-corrected chi connectivity index (χ1v) is 10.5. The number of amides is 2. The van der Waals surface area contributed by atoms with Crippen molar-refractivity contribution in [3.63, 3.8) is 0 Å². The first-order valence-electron chi connectivity index (χ1n) is 8.97. The highest BCUT2D eigenvalue weighted by molar-refractivity contribution is 7.85. The van der Waals surface area contributed by atoms with Gasteiger partial charge in [0.15, 0.2) is 0 Å². The molecule has 4 atom stereocenters. The van der Waals surface area contributed by atoms with Gasteiger partial charge in [0.1, 0.15) is 0 Å². The molecule has 2 aliphatic heterocycles. The topological polar surface area (TPSA) is 70.7 Å². The van der Waals surface area contributed by atoms with Gasteiger partial charge in [0.2, 0.25) is 0 Å². The van der Waals surface area contributed by atoms with Gasteiger partial charge in [-0.15, -0.1) is 0 Å². The minimum atomic E-state index is -0.788. The van der Waals surface area contributed by atoms with Crippen LogP contribution >= 0.6 is 0 Å². The molecule has 25 heavy (non-hydrogen) atoms. The maximum atomic E-state index is 12.2. The Balaban J connectivity index is 1.59. The number of benzene rings is 1. The summed E-state index contributed by atoms with van der Waals surface area (Å²) in [6, 6.07) is 10.3. The molecule has 2 aliphatic rings. The summed E-state index contributed by atoms with van der Waals surface area (Å²) >= 11 is 0. The maximum absolute atomic E-state index is 12.2. The Bertz CT molecular complexity index is 598. The molecule has 0 aliphatic carbocycles. The third-order valence-corrected chi connectivity index (χ3v) is 6.35. The molecule has 2 saturated heterocycles. The van der Waals surface area contributed by atoms with Crippen LogP contribution in [0.5, 0.6) is 0 Å². The number of carbonyl (C=O) groups excluding carboxylic acids is 1. The largest absolute Gasteiger partial charge is 0.373 e. The summed E-state index contributed by atoms with van der Waals surface area (Å²) in [5, 5.41) is 5.85. The molecule has 0 bridgehead atoms. The summed E-state index contributed by atoms with van der Waals surface area (Å²) in [4.78, 5) is 14.5. The van der Waals surface area contributed by atoms with E-state index in [1.807, 2.05) is 18.2 Å². The first kappa shape index (κ1) is 18.4. The van der Waals surface area contributed by atoms with Crippen LogP contribution in [0.2, 0.25) is 0 Å². The number of ether oxygens (including phenoxy) is 1. The minimum absolute atomic E-state index is 0.0187. The van der Waals surface area contributed by atoms with Gasteiger partial charge in [-0.3, -0.25) is 9.11 Å². The lowest BCUT2D eigenvalue weighted by Crippen LogP contribution is -2.51. The fourth-order valence-electron chi connectivity index (χ4n) is 3.60. The van der Waals surface area contributed by atoms with E-state index in [2.05, 4.69) is 34.6 Å². The summed E-state index contributed by atoms with van der Waals surface area (Å²) in [7, 11) is -0.788. The van der Waals surface area contributed by atoms with E-state index >= 15 is 0 Å². The Morgan fingerprint density at radius 1 is 1.36 bits per heavy atom. The number of urea groups is 1. The Morgan fingerprint density at radius 3 is 2.84 bits per heavy atom. The second kappa shape index (κ2) is 8.78. The van der Waals surface area contributed by atoms with Crippen molar-refractivity contribution in [2.75, 3.05) is 37.7 Å². The molecule has 7 heteroatoms. The zero-order valence-corrected chi connectivity index (χ0v) is 15.5. The zero-order valence-electron chi connectivity index (χ0n) is 14.6. The molecular weight excluding hydrogens is 338 g/mol. The van der Waals surface area contributed by atoms with Crippen molar-refractivity contribution in [3.8, 4) is 0 Å². The molecule has 0 aromatic heterocycles. The van der Waals surface area contributed by atoms with Gasteiger partial charge in [0.25, 0.3) is 0 Å². The third-order valence-electron chi connectivity index (χ3n) is 4.88. The minimum Gasteiger partial charge on any atom is -0.373 e. The number of morpholine rings is 1. The molecule has 138 valence electrons. The summed E-state index contributed by atoms with van der Waals surface area (Å²) in [6.07, 6.45) is 0.704. The summed E-state index contributed by atoms with van der Waals surface area (Å²) < 4.78 is 17.4. The number of likely N-dealkylation sites (N-methyl/N-ethyl adjacent to an activating group) is 1. The average Bonchev–Trinajstić information content (AvgIpc) is 3.05. The predicted molar refractivity (Wildman–Crippen MR) is 99.0 cm³/mol. The second-order valence-electron chi connectivity index (χ2n) is 6.54. The lowest BCUT2D eigenvalue weighted by atomic mass is 9.98. The normalized spacial score (nSPS) is 30.1. The number of hydrogen-bond donors (Lipinski definition) is 2. The molecule has 2 N–H and O–H groups in total. The van der Waals surface area contributed by atoms with E-state index in [1.54, 1.807) is 0 Å². The van der Waals surface area contributed by atoms with Crippen LogP contribution in [0.4, 0.5) is 4.79 Å². The van der Waals surface area contributed by atoms with Crippen LogP contribution in [0.3, 0.4) is 0 Å². The van der Waals surface area contributed by atoms with Crippen LogP contribution in [0.15, 0.2) is 30.3 Å². The molecule has 0 saturated carbocycles. The van der Waals surface area contributed by atoms with Crippen LogP contribution in [-0.4, -0.2) is 65.0 Å². The Hall–Kier alpha value is -1.44. The first-order chi connectivity index (χ1) is 12.2. The summed E-state index contributed by atoms with van der Waals surface area (Å²) in [5.41, 5.74) is 1.21. The molecular formula is C18H27N3O3S. The molecule has 0 spiro atoms. The fourth-order valence-corrected chi connectivity index (χ4v) is 5.01. The van der Waals surface area contributed by atoms with E-state index in [1.165, 1.54) is 5.56 Å². The third kappa shape index (κ3) is 4.80. The van der Waals surface area contributed by atoms with Gasteiger partial charge in [0.05, 0.1) is 18.8 Å². The van der Waals surface area contributed by atoms with Crippen molar-refractivity contribution < 1.29 is 13.7 Å². The number of carbonyl (C=O) groups is 1. The standard InChI is InChI=1S/C18H27N3O3S/c1-2-21-9-10-24-16(17(21)14-6-4-3-5-7-14)12-19-18(22)20-15-8-11-25(23)13-15/h3-7,15-17H,2,8-13H2,1H3,(H2,19,20,22)/t15?,16-,17-,25?/m0/s1. The Kier molecular flexibility index (Phi) is 6.45. The van der Waals surface area contributed by atoms with Gasteiger partial charge in [-0.1, -0.05) is 37.3 Å². The van der Waals surface area contributed by atoms with Crippen LogP contribution < -0.4 is 10.6 Å². The van der Waals surface area contributed by atoms with E-state index in [0.29, 0.717) is 24.7 Å². The van der Waals surface area contributed by atoms with Gasteiger partial charge in [-0.2, -0.15) is 0 Å². The van der Waals surface area contributed by atoms with Gasteiger partial charge in [-0.05, 0) is 18.5 Å². The number of rotatable bonds is 5. The van der Waals surface area contributed by atoms with E-state index < -0.39 is 10.8 Å². The van der Waals surface area contributed by atoms with Crippen molar-refractivity contribution in [3.05, 3.63) is 35.9 Å². The number of nitrogens with one attached hydrogen (secondary N) is 2. The van der Waals surface area contributed by atoms with E-state index in [4.69, 9.17) is 4.74 Å². The van der Waals surface area contributed by atoms with Gasteiger partial charge in [0, 0.05) is 41.4 Å². The highest BCUT2D eigenvalue weighted by Crippen LogP contribution is 2.28. The molecule has 2 fully saturated rings. The van der Waals surface area contributed by atoms with Gasteiger partial charge in [-0.25, -0.2) is 4.79 Å². The van der Waals surface area contributed by atoms with Gasteiger partial charge < -0.3 is 15.4 Å². The maximum Gasteiger partial charge on any atom is 0.315 e. The molecule has 2 unspecified atom stereocenters. The number of hydrogen-bond acceptors (Lipinski definition) is 4. The van der Waals surface area contributed by atoms with Crippen LogP contribution in [0.25, 0.3) is 0 Å². The molecule has 1 aromatic rings. The fraction of sp³-hybridized carbons (Fsp3) is 0.611. The molecule has 6 nitrogen and oxygen atoms in total. The lowest BCUT2D eigenvalue weighted by Gasteiger charge is -2.41. The molecule has 3 rings (SSSR count). The van der Waals surface area contributed by atoms with Crippen LogP contribution in [0.1, 0.15) is 24.9 Å². The summed E-state index contributed by atoms with van der Waals surface area (Å²) in [6.45, 7) is 5.12. The van der Waals surface area contributed by atoms with Crippen molar-refractivity contribution in [2.24, 2.45) is 0 Å². The Morgan fingerprint density at radius 2 is 2.16 bits per heavy atom. The molecule has 1 aromatic carbocycles. The van der Waals surface area contributed by atoms with Crippen LogP contribution in [-0.2, 0) is 15.5 Å². The van der Waals surface area contributed by atoms with E-state index in [0.717, 1.165) is 19.5 Å². The molecule has 0 radical (unpaired) electrons. The Labute approximate surface area is 151 Å². The monoisotopic (exact) mass is 365 g/mol. The lowest BCUT2D eigenvalue weighted by molar-refractivity contribution is -0.0682. The van der Waals surface area contributed by atoms with Crippen molar-refractivity contribution >= 4 is 16.8 Å². The predicted octanol–water partition coefficient (Wildman–Crippen LogP) is 1.27. The van der Waals surface area contributed by atoms with E-state index in [9.17, 15) is 9.00 Å². The SMILES string of the molecule is CCN1CCO[C@@H](CNC(=O)NC2CCS(=O)C2)[C@@H]1c1ccccc1. The highest BCUT2D eigenvalue weighted by Gasteiger charge is 2.33. The summed E-state index contributed by atoms with van der Waals surface area (Å²) in [5.74, 6) is 1.24. The smallest absolute Gasteiger partial charge is 0.315 e. The van der Waals surface area contributed by atoms with Crippen molar-refractivity contribution in [2.45, 2.75) is 31.5 Å². The van der Waals surface area contributed by atoms with Crippen LogP contribution in [0, 0.1) is 0 Å². The molecule has 2 heterocycles. The van der Waals surface area contributed by atoms with Crippen molar-refractivity contribution in [1.29, 1.82) is 0 Å². The molecule has 2 amide bonds. The second-order valence-corrected chi connectivity index (χ2v) is 8.17. The van der Waals surface area contributed by atoms with E-state index in [-0.39, 0.29) is 24.2 Å². The zero-order chi connectivity index (χ0) is 17.6. The average molecular weight is 365 g/mol. The quantitative estimate of drug-likeness (QED) is 0.824. The van der Waals surface area contributed by atoms with Crippen molar-refractivity contribution in [1.82, 2.24) is 15.5 Å². The highest BCUT2D eigenvalue weighted by atomic mass is 32.2. The van der Waals surface area contributed by atoms with Gasteiger partial charge >= 0.3 is 6.03 Å². The number of nitrogens with zero attached hydrogens (tertiary/aromatic N) is 1.